The molecule has 1 N–H and O–H groups in total. The van der Waals surface area contributed by atoms with E-state index in [1.54, 1.807) is 18.2 Å². The largest absolute Gasteiger partial charge is 0.503 e. The molecule has 0 unspecified atom stereocenters. The van der Waals surface area contributed by atoms with Crippen molar-refractivity contribution in [3.63, 3.8) is 0 Å². The van der Waals surface area contributed by atoms with Crippen molar-refractivity contribution in [1.29, 1.82) is 0 Å². The molecule has 0 spiro atoms. The normalized spacial score (nSPS) is 19.0. The number of ether oxygens (including phenoxy) is 4. The summed E-state index contributed by atoms with van der Waals surface area (Å²) in [6, 6.07) is 5.55. The van der Waals surface area contributed by atoms with E-state index in [1.807, 2.05) is 0 Å². The van der Waals surface area contributed by atoms with Crippen molar-refractivity contribution in [2.75, 3.05) is 60.7 Å². The van der Waals surface area contributed by atoms with Crippen LogP contribution < -0.4 is 14.2 Å². The van der Waals surface area contributed by atoms with Crippen LogP contribution in [0.2, 0.25) is 0 Å². The molecular weight excluding hydrogens is 444 g/mol. The molecule has 1 saturated heterocycles. The maximum absolute atomic E-state index is 13.3. The molecule has 0 radical (unpaired) electrons. The van der Waals surface area contributed by atoms with Gasteiger partial charge in [-0.05, 0) is 29.8 Å². The van der Waals surface area contributed by atoms with Crippen molar-refractivity contribution in [3.05, 3.63) is 53.2 Å². The lowest BCUT2D eigenvalue weighted by molar-refractivity contribution is -0.129. The van der Waals surface area contributed by atoms with Gasteiger partial charge in [-0.2, -0.15) is 0 Å². The number of aliphatic hydroxyl groups excluding tert-OH is 1. The van der Waals surface area contributed by atoms with Crippen LogP contribution in [0.3, 0.4) is 0 Å². The average molecular weight is 472 g/mol. The van der Waals surface area contributed by atoms with Gasteiger partial charge in [0.25, 0.3) is 5.91 Å². The van der Waals surface area contributed by atoms with E-state index in [1.165, 1.54) is 38.6 Å². The molecule has 34 heavy (non-hydrogen) atoms. The van der Waals surface area contributed by atoms with Crippen molar-refractivity contribution < 1.29 is 38.1 Å². The molecule has 3 heterocycles. The molecule has 0 saturated carbocycles. The minimum absolute atomic E-state index is 0.0295. The van der Waals surface area contributed by atoms with Crippen LogP contribution in [0.1, 0.15) is 22.2 Å². The summed E-state index contributed by atoms with van der Waals surface area (Å²) in [6.07, 6.45) is 1.37. The highest BCUT2D eigenvalue weighted by atomic mass is 16.5. The lowest BCUT2D eigenvalue weighted by Crippen LogP contribution is -2.43. The van der Waals surface area contributed by atoms with Crippen molar-refractivity contribution in [1.82, 2.24) is 9.80 Å². The third-order valence-corrected chi connectivity index (χ3v) is 6.06. The number of amides is 1. The van der Waals surface area contributed by atoms with Crippen LogP contribution in [-0.4, -0.2) is 87.3 Å². The maximum atomic E-state index is 13.3. The molecule has 1 atom stereocenters. The molecule has 1 aromatic heterocycles. The highest BCUT2D eigenvalue weighted by Gasteiger charge is 2.45. The topological polar surface area (TPSA) is 111 Å². The molecule has 10 heteroatoms. The lowest BCUT2D eigenvalue weighted by Gasteiger charge is -2.32. The fourth-order valence-electron chi connectivity index (χ4n) is 4.34. The maximum Gasteiger partial charge on any atom is 0.290 e. The summed E-state index contributed by atoms with van der Waals surface area (Å²) in [5.41, 5.74) is 0.472. The number of ketones is 1. The zero-order valence-electron chi connectivity index (χ0n) is 19.4. The average Bonchev–Trinajstić information content (AvgIpc) is 3.49. The van der Waals surface area contributed by atoms with Gasteiger partial charge in [-0.3, -0.25) is 14.5 Å². The monoisotopic (exact) mass is 472 g/mol. The number of rotatable bonds is 9. The summed E-state index contributed by atoms with van der Waals surface area (Å²) in [6.45, 7) is 3.58. The SMILES string of the molecule is COc1cc([C@H]2C(C(=O)c3ccco3)=C(O)C(=O)N2CCN2CCOCC2)cc(OC)c1OC. The number of hydrogen-bond acceptors (Lipinski definition) is 9. The van der Waals surface area contributed by atoms with Gasteiger partial charge < -0.3 is 33.4 Å². The van der Waals surface area contributed by atoms with Crippen LogP contribution in [0.4, 0.5) is 0 Å². The Kier molecular flexibility index (Phi) is 7.09. The third kappa shape index (κ3) is 4.34. The second-order valence-corrected chi connectivity index (χ2v) is 7.88. The van der Waals surface area contributed by atoms with E-state index < -0.39 is 23.5 Å². The number of aliphatic hydroxyl groups is 1. The molecule has 1 amide bonds. The number of benzene rings is 1. The van der Waals surface area contributed by atoms with Crippen molar-refractivity contribution in [2.24, 2.45) is 0 Å². The van der Waals surface area contributed by atoms with Gasteiger partial charge >= 0.3 is 0 Å². The second kappa shape index (κ2) is 10.2. The molecule has 2 aliphatic rings. The van der Waals surface area contributed by atoms with E-state index in [0.717, 1.165) is 13.1 Å². The van der Waals surface area contributed by atoms with Crippen LogP contribution in [-0.2, 0) is 9.53 Å². The van der Waals surface area contributed by atoms with Crippen molar-refractivity contribution in [2.45, 2.75) is 6.04 Å². The van der Waals surface area contributed by atoms with Gasteiger partial charge in [0.15, 0.2) is 23.0 Å². The molecule has 0 bridgehead atoms. The van der Waals surface area contributed by atoms with E-state index in [4.69, 9.17) is 23.4 Å². The first-order chi connectivity index (χ1) is 16.5. The first-order valence-electron chi connectivity index (χ1n) is 10.9. The standard InChI is InChI=1S/C24H28N2O8/c1-30-17-13-15(14-18(31-2)23(17)32-3)20-19(21(27)16-5-4-10-34-16)22(28)24(29)26(20)7-6-25-8-11-33-12-9-25/h4-5,10,13-14,20,28H,6-9,11-12H2,1-3H3/t20-/m0/s1. The van der Waals surface area contributed by atoms with Gasteiger partial charge in [0.1, 0.15) is 0 Å². The van der Waals surface area contributed by atoms with Gasteiger partial charge in [0.05, 0.1) is 52.4 Å². The molecule has 1 aromatic carbocycles. The molecule has 4 rings (SSSR count). The van der Waals surface area contributed by atoms with Crippen LogP contribution in [0.15, 0.2) is 46.3 Å². The quantitative estimate of drug-likeness (QED) is 0.549. The number of nitrogens with zero attached hydrogens (tertiary/aromatic N) is 2. The number of carbonyl (C=O) groups is 2. The number of carbonyl (C=O) groups excluding carboxylic acids is 2. The molecule has 1 fully saturated rings. The van der Waals surface area contributed by atoms with Gasteiger partial charge in [-0.1, -0.05) is 0 Å². The molecule has 0 aliphatic carbocycles. The number of hydrogen-bond donors (Lipinski definition) is 1. The minimum Gasteiger partial charge on any atom is -0.503 e. The number of Topliss-reactive ketones (excluding diaryl/α,β-unsaturated/α-hetero) is 1. The molecule has 2 aliphatic heterocycles. The summed E-state index contributed by atoms with van der Waals surface area (Å²) in [7, 11) is 4.46. The lowest BCUT2D eigenvalue weighted by atomic mass is 9.94. The van der Waals surface area contributed by atoms with E-state index >= 15 is 0 Å². The highest BCUT2D eigenvalue weighted by Crippen LogP contribution is 2.45. The number of furan rings is 1. The predicted octanol–water partition coefficient (Wildman–Crippen LogP) is 2.22. The first-order valence-corrected chi connectivity index (χ1v) is 10.9. The zero-order chi connectivity index (χ0) is 24.2. The first kappa shape index (κ1) is 23.7. The van der Waals surface area contributed by atoms with E-state index in [-0.39, 0.29) is 11.3 Å². The minimum atomic E-state index is -0.875. The van der Waals surface area contributed by atoms with Crippen LogP contribution in [0, 0.1) is 0 Å². The smallest absolute Gasteiger partial charge is 0.290 e. The van der Waals surface area contributed by atoms with E-state index in [2.05, 4.69) is 4.90 Å². The van der Waals surface area contributed by atoms with Crippen LogP contribution in [0.25, 0.3) is 0 Å². The Bertz CT molecular complexity index is 1050. The van der Waals surface area contributed by atoms with Gasteiger partial charge in [0.2, 0.25) is 11.5 Å². The predicted molar refractivity (Wildman–Crippen MR) is 121 cm³/mol. The Morgan fingerprint density at radius 1 is 1.09 bits per heavy atom. The van der Waals surface area contributed by atoms with Gasteiger partial charge in [0, 0.05) is 26.2 Å². The van der Waals surface area contributed by atoms with E-state index in [9.17, 15) is 14.7 Å². The van der Waals surface area contributed by atoms with Gasteiger partial charge in [-0.15, -0.1) is 0 Å². The zero-order valence-corrected chi connectivity index (χ0v) is 19.4. The number of methoxy groups -OCH3 is 3. The Morgan fingerprint density at radius 2 is 1.76 bits per heavy atom. The van der Waals surface area contributed by atoms with Crippen molar-refractivity contribution >= 4 is 11.7 Å². The Balaban J connectivity index is 1.77. The Labute approximate surface area is 197 Å². The molecular formula is C24H28N2O8. The summed E-state index contributed by atoms with van der Waals surface area (Å²) in [5.74, 6) is -0.637. The summed E-state index contributed by atoms with van der Waals surface area (Å²) >= 11 is 0. The number of morpholine rings is 1. The van der Waals surface area contributed by atoms with Gasteiger partial charge in [-0.25, -0.2) is 0 Å². The fraction of sp³-hybridized carbons (Fsp3) is 0.417. The second-order valence-electron chi connectivity index (χ2n) is 7.88. The fourth-order valence-corrected chi connectivity index (χ4v) is 4.34. The van der Waals surface area contributed by atoms with E-state index in [0.29, 0.717) is 49.1 Å². The summed E-state index contributed by atoms with van der Waals surface area (Å²) in [5, 5.41) is 10.8. The Hall–Kier alpha value is -3.50. The van der Waals surface area contributed by atoms with Crippen molar-refractivity contribution in [3.8, 4) is 17.2 Å². The summed E-state index contributed by atoms with van der Waals surface area (Å²) in [4.78, 5) is 30.2. The molecule has 182 valence electrons. The van der Waals surface area contributed by atoms with Crippen LogP contribution >= 0.6 is 0 Å². The van der Waals surface area contributed by atoms with Crippen LogP contribution in [0.5, 0.6) is 17.2 Å². The molecule has 10 nitrogen and oxygen atoms in total. The third-order valence-electron chi connectivity index (χ3n) is 6.06. The Morgan fingerprint density at radius 3 is 2.32 bits per heavy atom. The molecule has 2 aromatic rings. The summed E-state index contributed by atoms with van der Waals surface area (Å²) < 4.78 is 27.0. The highest BCUT2D eigenvalue weighted by molar-refractivity contribution is 6.15.